The quantitative estimate of drug-likeness (QED) is 0.773. The largest absolute Gasteiger partial charge is 0.350 e. The van der Waals surface area contributed by atoms with E-state index in [1.807, 2.05) is 0 Å². The van der Waals surface area contributed by atoms with Crippen LogP contribution in [0.2, 0.25) is 0 Å². The second-order valence-electron chi connectivity index (χ2n) is 4.14. The van der Waals surface area contributed by atoms with Gasteiger partial charge in [0.15, 0.2) is 0 Å². The molecule has 0 aliphatic heterocycles. The number of nitrogens with one attached hydrogen (secondary N) is 1. The Hall–Kier alpha value is -1.41. The van der Waals surface area contributed by atoms with Crippen molar-refractivity contribution in [3.63, 3.8) is 0 Å². The fourth-order valence-corrected chi connectivity index (χ4v) is 2.16. The van der Waals surface area contributed by atoms with Crippen LogP contribution in [0, 0.1) is 6.92 Å². The topological polar surface area (TPSA) is 84.3 Å². The monoisotopic (exact) mass is 274 g/mol. The Labute approximate surface area is 107 Å². The number of rotatable bonds is 5. The van der Waals surface area contributed by atoms with E-state index < -0.39 is 10.0 Å². The van der Waals surface area contributed by atoms with E-state index in [1.165, 1.54) is 14.1 Å². The van der Waals surface area contributed by atoms with Gasteiger partial charge in [-0.25, -0.2) is 17.7 Å². The van der Waals surface area contributed by atoms with Gasteiger partial charge in [0.25, 0.3) is 5.91 Å². The number of imidazole rings is 1. The Kier molecular flexibility index (Phi) is 4.47. The van der Waals surface area contributed by atoms with Crippen molar-refractivity contribution in [3.05, 3.63) is 17.7 Å². The van der Waals surface area contributed by atoms with Gasteiger partial charge in [0.2, 0.25) is 10.0 Å². The molecule has 8 heteroatoms. The van der Waals surface area contributed by atoms with E-state index in [0.29, 0.717) is 11.4 Å². The van der Waals surface area contributed by atoms with E-state index in [-0.39, 0.29) is 18.2 Å². The Morgan fingerprint density at radius 3 is 2.56 bits per heavy atom. The summed E-state index contributed by atoms with van der Waals surface area (Å²) in [5.41, 5.74) is 1.06. The highest BCUT2D eigenvalue weighted by molar-refractivity contribution is 7.89. The first-order valence-electron chi connectivity index (χ1n) is 5.42. The lowest BCUT2D eigenvalue weighted by Gasteiger charge is -2.11. The molecule has 18 heavy (non-hydrogen) atoms. The van der Waals surface area contributed by atoms with Crippen molar-refractivity contribution in [2.75, 3.05) is 26.4 Å². The van der Waals surface area contributed by atoms with Crippen molar-refractivity contribution in [2.45, 2.75) is 6.92 Å². The molecule has 102 valence electrons. The summed E-state index contributed by atoms with van der Waals surface area (Å²) in [5, 5.41) is 2.57. The van der Waals surface area contributed by atoms with E-state index in [9.17, 15) is 13.2 Å². The lowest BCUT2D eigenvalue weighted by atomic mass is 10.3. The highest BCUT2D eigenvalue weighted by Crippen LogP contribution is 2.03. The maximum Gasteiger partial charge on any atom is 0.269 e. The van der Waals surface area contributed by atoms with E-state index in [0.717, 1.165) is 4.31 Å². The van der Waals surface area contributed by atoms with Gasteiger partial charge in [0, 0.05) is 27.7 Å². The van der Waals surface area contributed by atoms with Crippen molar-refractivity contribution in [2.24, 2.45) is 7.05 Å². The first-order valence-corrected chi connectivity index (χ1v) is 7.03. The van der Waals surface area contributed by atoms with Gasteiger partial charge in [-0.2, -0.15) is 0 Å². The Morgan fingerprint density at radius 1 is 1.50 bits per heavy atom. The average molecular weight is 274 g/mol. The van der Waals surface area contributed by atoms with E-state index in [4.69, 9.17) is 0 Å². The van der Waals surface area contributed by atoms with Crippen LogP contribution in [-0.4, -0.2) is 54.6 Å². The van der Waals surface area contributed by atoms with Crippen LogP contribution in [0.15, 0.2) is 6.33 Å². The number of carbonyl (C=O) groups excluding carboxylic acids is 1. The van der Waals surface area contributed by atoms with Crippen molar-refractivity contribution in [1.82, 2.24) is 19.2 Å². The number of sulfonamides is 1. The van der Waals surface area contributed by atoms with Gasteiger partial charge in [-0.3, -0.25) is 4.79 Å². The third-order valence-electron chi connectivity index (χ3n) is 2.54. The zero-order valence-corrected chi connectivity index (χ0v) is 11.8. The lowest BCUT2D eigenvalue weighted by Crippen LogP contribution is -2.34. The van der Waals surface area contributed by atoms with Crippen LogP contribution in [0.3, 0.4) is 0 Å². The molecule has 0 saturated heterocycles. The van der Waals surface area contributed by atoms with Crippen LogP contribution in [0.4, 0.5) is 0 Å². The summed E-state index contributed by atoms with van der Waals surface area (Å²) in [6.07, 6.45) is 1.54. The van der Waals surface area contributed by atoms with Crippen LogP contribution in [0.25, 0.3) is 0 Å². The van der Waals surface area contributed by atoms with Crippen molar-refractivity contribution in [3.8, 4) is 0 Å². The van der Waals surface area contributed by atoms with E-state index >= 15 is 0 Å². The van der Waals surface area contributed by atoms with Gasteiger partial charge in [-0.1, -0.05) is 0 Å². The summed E-state index contributed by atoms with van der Waals surface area (Å²) in [4.78, 5) is 15.8. The van der Waals surface area contributed by atoms with Gasteiger partial charge < -0.3 is 9.88 Å². The van der Waals surface area contributed by atoms with Crippen LogP contribution < -0.4 is 5.32 Å². The Morgan fingerprint density at radius 2 is 2.11 bits per heavy atom. The summed E-state index contributed by atoms with van der Waals surface area (Å²) in [7, 11) is 1.35. The molecule has 0 spiro atoms. The average Bonchev–Trinajstić information content (AvgIpc) is 2.58. The minimum Gasteiger partial charge on any atom is -0.350 e. The molecule has 0 aromatic carbocycles. The minimum atomic E-state index is -3.29. The molecular weight excluding hydrogens is 256 g/mol. The van der Waals surface area contributed by atoms with Crippen LogP contribution >= 0.6 is 0 Å². The van der Waals surface area contributed by atoms with Gasteiger partial charge in [0.1, 0.15) is 5.69 Å². The third kappa shape index (κ3) is 3.30. The zero-order valence-electron chi connectivity index (χ0n) is 11.0. The third-order valence-corrected chi connectivity index (χ3v) is 4.37. The normalized spacial score (nSPS) is 11.8. The fraction of sp³-hybridized carbons (Fsp3) is 0.600. The first kappa shape index (κ1) is 14.7. The summed E-state index contributed by atoms with van der Waals surface area (Å²) < 4.78 is 25.7. The van der Waals surface area contributed by atoms with Crippen molar-refractivity contribution < 1.29 is 13.2 Å². The predicted molar refractivity (Wildman–Crippen MR) is 67.8 cm³/mol. The molecule has 0 radical (unpaired) electrons. The predicted octanol–water partition coefficient (Wildman–Crippen LogP) is -0.650. The number of hydrogen-bond acceptors (Lipinski definition) is 4. The van der Waals surface area contributed by atoms with Gasteiger partial charge in [-0.05, 0) is 6.92 Å². The number of carbonyl (C=O) groups is 1. The molecule has 1 rings (SSSR count). The summed E-state index contributed by atoms with van der Waals surface area (Å²) in [6, 6.07) is 0. The molecule has 0 saturated carbocycles. The maximum absolute atomic E-state index is 11.8. The second-order valence-corrected chi connectivity index (χ2v) is 6.45. The molecule has 1 heterocycles. The van der Waals surface area contributed by atoms with Gasteiger partial charge in [-0.15, -0.1) is 0 Å². The zero-order chi connectivity index (χ0) is 13.9. The molecule has 0 atom stereocenters. The smallest absolute Gasteiger partial charge is 0.269 e. The van der Waals surface area contributed by atoms with E-state index in [1.54, 1.807) is 24.9 Å². The van der Waals surface area contributed by atoms with Crippen LogP contribution in [0.1, 0.15) is 16.2 Å². The molecule has 0 fully saturated rings. The van der Waals surface area contributed by atoms with Gasteiger partial charge in [0.05, 0.1) is 17.8 Å². The molecule has 1 aromatic heterocycles. The maximum atomic E-state index is 11.8. The molecule has 0 aliphatic rings. The molecule has 0 aliphatic carbocycles. The summed E-state index contributed by atoms with van der Waals surface area (Å²) in [5.74, 6) is -0.440. The lowest BCUT2D eigenvalue weighted by molar-refractivity contribution is 0.0947. The Balaban J connectivity index is 2.59. The standard InChI is InChI=1S/C10H18N4O3S/c1-8-9(14(4)7-12-8)10(15)11-5-6-18(16,17)13(2)3/h7H,5-6H2,1-4H3,(H,11,15). The van der Waals surface area contributed by atoms with E-state index in [2.05, 4.69) is 10.3 Å². The molecule has 0 bridgehead atoms. The first-order chi connectivity index (χ1) is 8.25. The second kappa shape index (κ2) is 5.49. The number of aryl methyl sites for hydroxylation is 2. The molecule has 1 amide bonds. The highest BCUT2D eigenvalue weighted by atomic mass is 32.2. The van der Waals surface area contributed by atoms with Crippen LogP contribution in [0.5, 0.6) is 0 Å². The Bertz CT molecular complexity index is 514. The number of amides is 1. The molecule has 0 unspecified atom stereocenters. The fourth-order valence-electron chi connectivity index (χ4n) is 1.43. The number of hydrogen-bond donors (Lipinski definition) is 1. The SMILES string of the molecule is Cc1ncn(C)c1C(=O)NCCS(=O)(=O)N(C)C. The molecule has 1 aromatic rings. The molecular formula is C10H18N4O3S. The molecule has 7 nitrogen and oxygen atoms in total. The highest BCUT2D eigenvalue weighted by Gasteiger charge is 2.16. The summed E-state index contributed by atoms with van der Waals surface area (Å²) in [6.45, 7) is 1.80. The van der Waals surface area contributed by atoms with Crippen molar-refractivity contribution >= 4 is 15.9 Å². The minimum absolute atomic E-state index is 0.0734. The summed E-state index contributed by atoms with van der Waals surface area (Å²) >= 11 is 0. The molecule has 1 N–H and O–H groups in total. The van der Waals surface area contributed by atoms with Gasteiger partial charge >= 0.3 is 0 Å². The number of aromatic nitrogens is 2. The van der Waals surface area contributed by atoms with Crippen molar-refractivity contribution in [1.29, 1.82) is 0 Å². The number of nitrogens with zero attached hydrogens (tertiary/aromatic N) is 3. The van der Waals surface area contributed by atoms with Crippen LogP contribution in [-0.2, 0) is 17.1 Å².